The summed E-state index contributed by atoms with van der Waals surface area (Å²) in [6, 6.07) is 22.1. The van der Waals surface area contributed by atoms with Crippen molar-refractivity contribution >= 4 is 81.8 Å². The van der Waals surface area contributed by atoms with Crippen molar-refractivity contribution in [2.24, 2.45) is 0 Å². The summed E-state index contributed by atoms with van der Waals surface area (Å²) >= 11 is 0. The van der Waals surface area contributed by atoms with Gasteiger partial charge in [0.2, 0.25) is 10.0 Å². The number of fused-ring (bicyclic) bond motifs is 3. The highest BCUT2D eigenvalue weighted by atomic mass is 32.2. The number of benzene rings is 3. The van der Waals surface area contributed by atoms with E-state index in [2.05, 4.69) is 20.0 Å². The zero-order valence-corrected chi connectivity index (χ0v) is 67.2. The summed E-state index contributed by atoms with van der Waals surface area (Å²) in [6.07, 6.45) is 9.74. The van der Waals surface area contributed by atoms with Crippen LogP contribution in [0.4, 0.5) is 43.4 Å². The van der Waals surface area contributed by atoms with Crippen molar-refractivity contribution in [1.82, 2.24) is 51.6 Å². The third kappa shape index (κ3) is 19.5. The van der Waals surface area contributed by atoms with Crippen LogP contribution in [-0.2, 0) is 44.7 Å². The molecule has 0 saturated carbocycles. The van der Waals surface area contributed by atoms with Crippen LogP contribution in [0.1, 0.15) is 151 Å². The summed E-state index contributed by atoms with van der Waals surface area (Å²) < 4.78 is 208. The number of aromatic nitrogens is 6. The number of anilines is 3. The summed E-state index contributed by atoms with van der Waals surface area (Å²) in [5.74, 6) is -2.72. The van der Waals surface area contributed by atoms with Crippen LogP contribution in [0.25, 0.3) is 16.6 Å². The maximum absolute atomic E-state index is 14.8. The van der Waals surface area contributed by atoms with Gasteiger partial charge in [0.15, 0.2) is 0 Å². The second-order valence-electron chi connectivity index (χ2n) is 30.4. The van der Waals surface area contributed by atoms with Crippen molar-refractivity contribution in [3.05, 3.63) is 179 Å². The van der Waals surface area contributed by atoms with Crippen LogP contribution < -0.4 is 43.1 Å². The second-order valence-corrected chi connectivity index (χ2v) is 36.5. The summed E-state index contributed by atoms with van der Waals surface area (Å²) in [7, 11) is -8.00. The number of alkyl halides is 3. The van der Waals surface area contributed by atoms with E-state index in [-0.39, 0.29) is 80.4 Å². The SMILES string of the molecule is CC(C)(C)S(=O)(=O)NC(=O)c1cnn2ccc(N3C[C@@H](F)C[C@@H]3c3cc(F)cc(OC4CCOCC4)c3)cc12.CCN(C)S(=O)(=O)NC(=O)c1cnn2ccc(N3C[C@@H](F)C[C@@H]3c3cc(F)cc(OC4CCOCC4)c3)cc12.CN(C)S(=O)(=O)NC(=O)c1cnn2ccc(N3C[C@@H](F)C[C@@H]3c3cc(F)cc(OC4CCOCC4)c3)cc12. The summed E-state index contributed by atoms with van der Waals surface area (Å²) in [5.41, 5.74) is 4.73. The molecule has 15 rings (SSSR count). The summed E-state index contributed by atoms with van der Waals surface area (Å²) in [6.45, 7) is 10.0. The van der Waals surface area contributed by atoms with Crippen LogP contribution >= 0.6 is 0 Å². The number of carbonyl (C=O) groups excluding carboxylic acids is 3. The summed E-state index contributed by atoms with van der Waals surface area (Å²) in [5, 5.41) is 12.4. The number of rotatable bonds is 21. The van der Waals surface area contributed by atoms with Crippen LogP contribution in [0.15, 0.2) is 128 Å². The highest BCUT2D eigenvalue weighted by molar-refractivity contribution is 7.91. The molecule has 3 N–H and O–H groups in total. The Labute approximate surface area is 667 Å². The predicted molar refractivity (Wildman–Crippen MR) is 418 cm³/mol. The minimum Gasteiger partial charge on any atom is -0.490 e. The van der Waals surface area contributed by atoms with E-state index < -0.39 is 107 Å². The van der Waals surface area contributed by atoms with E-state index in [1.807, 2.05) is 24.1 Å². The fourth-order valence-corrected chi connectivity index (χ4v) is 16.7. The molecule has 6 fully saturated rings. The van der Waals surface area contributed by atoms with Crippen LogP contribution in [0.3, 0.4) is 0 Å². The summed E-state index contributed by atoms with van der Waals surface area (Å²) in [4.78, 5) is 43.9. The number of nitrogens with zero attached hydrogens (tertiary/aromatic N) is 11. The smallest absolute Gasteiger partial charge is 0.303 e. The molecule has 0 unspecified atom stereocenters. The van der Waals surface area contributed by atoms with Gasteiger partial charge in [-0.1, -0.05) is 6.92 Å². The van der Waals surface area contributed by atoms with E-state index in [1.165, 1.54) is 110 Å². The Morgan fingerprint density at radius 1 is 0.466 bits per heavy atom. The Kier molecular flexibility index (Phi) is 25.5. The molecule has 6 aliphatic heterocycles. The molecule has 0 spiro atoms. The van der Waals surface area contributed by atoms with Crippen LogP contribution in [0, 0.1) is 17.5 Å². The number of hydrogen-bond acceptors (Lipinski definition) is 21. The molecule has 9 aromatic rings. The highest BCUT2D eigenvalue weighted by Gasteiger charge is 2.40. The fraction of sp³-hybridized carbons (Fsp3) is 0.462. The Morgan fingerprint density at radius 2 is 0.767 bits per heavy atom. The van der Waals surface area contributed by atoms with E-state index in [1.54, 1.807) is 80.1 Å². The van der Waals surface area contributed by atoms with Crippen LogP contribution in [-0.4, -0.2) is 209 Å². The molecule has 3 amide bonds. The molecular weight excluding hydrogens is 1580 g/mol. The lowest BCUT2D eigenvalue weighted by Crippen LogP contribution is -2.42. The van der Waals surface area contributed by atoms with Crippen LogP contribution in [0.2, 0.25) is 0 Å². The maximum atomic E-state index is 14.8. The molecule has 0 bridgehead atoms. The number of halogens is 6. The second kappa shape index (κ2) is 35.2. The lowest BCUT2D eigenvalue weighted by atomic mass is 10.0. The lowest BCUT2D eigenvalue weighted by Gasteiger charge is -2.28. The van der Waals surface area contributed by atoms with Gasteiger partial charge in [0.25, 0.3) is 17.7 Å². The van der Waals surface area contributed by atoms with Crippen molar-refractivity contribution in [2.45, 2.75) is 145 Å². The highest BCUT2D eigenvalue weighted by Crippen LogP contribution is 2.44. The quantitative estimate of drug-likeness (QED) is 0.0563. The minimum atomic E-state index is -4.02. The molecule has 12 heterocycles. The van der Waals surface area contributed by atoms with Gasteiger partial charge in [0.05, 0.1) is 114 Å². The van der Waals surface area contributed by atoms with Crippen molar-refractivity contribution in [2.75, 3.05) is 102 Å². The largest absolute Gasteiger partial charge is 0.490 e. The van der Waals surface area contributed by atoms with E-state index in [0.717, 1.165) is 8.61 Å². The van der Waals surface area contributed by atoms with E-state index in [0.29, 0.717) is 146 Å². The number of sulfonamides is 1. The Morgan fingerprint density at radius 3 is 1.06 bits per heavy atom. The topological polar surface area (TPSA) is 313 Å². The number of ether oxygens (including phenoxy) is 6. The Bertz CT molecular complexity index is 5430. The first-order valence-electron chi connectivity index (χ1n) is 38.0. The lowest BCUT2D eigenvalue weighted by molar-refractivity contribution is 0.0252. The van der Waals surface area contributed by atoms with Crippen molar-refractivity contribution < 1.29 is 94.4 Å². The normalized spacial score (nSPS) is 20.8. The minimum absolute atomic E-state index is 0.0442. The van der Waals surface area contributed by atoms with Gasteiger partial charge in [-0.05, 0) is 110 Å². The zero-order valence-electron chi connectivity index (χ0n) is 64.8. The zero-order chi connectivity index (χ0) is 82.7. The number of hydrogen-bond donors (Lipinski definition) is 3. The van der Waals surface area contributed by atoms with Crippen LogP contribution in [0.5, 0.6) is 17.2 Å². The molecule has 6 saturated heterocycles. The molecule has 624 valence electrons. The van der Waals surface area contributed by atoms with Crippen molar-refractivity contribution in [3.8, 4) is 17.2 Å². The number of nitrogens with one attached hydrogen (secondary N) is 3. The number of pyridine rings is 3. The fourth-order valence-electron chi connectivity index (χ4n) is 14.6. The van der Waals surface area contributed by atoms with Gasteiger partial charge in [0.1, 0.15) is 71.5 Å². The van der Waals surface area contributed by atoms with E-state index in [9.17, 15) is 66.0 Å². The first kappa shape index (κ1) is 84.1. The molecule has 29 nitrogen and oxygen atoms in total. The maximum Gasteiger partial charge on any atom is 0.303 e. The van der Waals surface area contributed by atoms with Crippen molar-refractivity contribution in [1.29, 1.82) is 0 Å². The molecule has 38 heteroatoms. The van der Waals surface area contributed by atoms with Gasteiger partial charge in [-0.25, -0.2) is 62.5 Å². The number of carbonyl (C=O) groups is 3. The van der Waals surface area contributed by atoms with Gasteiger partial charge in [0, 0.05) is 159 Å². The van der Waals surface area contributed by atoms with Gasteiger partial charge >= 0.3 is 20.4 Å². The van der Waals surface area contributed by atoms with Gasteiger partial charge in [-0.2, -0.15) is 40.7 Å². The van der Waals surface area contributed by atoms with E-state index >= 15 is 0 Å². The van der Waals surface area contributed by atoms with Gasteiger partial charge in [-0.15, -0.1) is 0 Å². The van der Waals surface area contributed by atoms with E-state index in [4.69, 9.17) is 28.4 Å². The molecule has 6 atom stereocenters. The number of amides is 3. The average molecular weight is 1680 g/mol. The molecular formula is C78H92F6N14O15S3. The third-order valence-electron chi connectivity index (χ3n) is 21.1. The third-order valence-corrected chi connectivity index (χ3v) is 26.0. The first-order chi connectivity index (χ1) is 55.2. The molecule has 6 aromatic heterocycles. The molecule has 6 aliphatic rings. The predicted octanol–water partition coefficient (Wildman–Crippen LogP) is 10.3. The Hall–Kier alpha value is -9.83. The molecule has 116 heavy (non-hydrogen) atoms. The van der Waals surface area contributed by atoms with Crippen molar-refractivity contribution in [3.63, 3.8) is 0 Å². The first-order valence-corrected chi connectivity index (χ1v) is 42.4. The monoisotopic (exact) mass is 1670 g/mol. The van der Waals surface area contributed by atoms with Gasteiger partial charge < -0.3 is 43.1 Å². The standard InChI is InChI=1S/C27H32F2N4O5S.C26H31F2N5O5S.C25H29F2N5O5S/c1-27(2,3)39(35,36)31-26(34)23-15-30-33-7-4-20(14-25(23)33)32-16-19(29)13-24(32)17-10-18(28)12-22(11-17)38-21-5-8-37-9-6-21;1-3-31(2)39(35,36)30-26(34)23-15-29-33-7-4-20(14-25(23)33)32-16-19(28)13-24(32)17-10-18(27)12-22(11-17)38-21-5-8-37-9-6-21;1-30(2)38(34,35)29-25(33)22-14-28-32-6-3-19(13-24(22)32)31-15-18(27)12-23(31)16-9-17(26)11-21(10-16)37-20-4-7-36-8-5-20/h4,7,10-12,14-15,19,21,24H,5-6,8-9,13,16H2,1-3H3,(H,31,34);4,7,10-12,14-15,19,21,24H,3,5-6,8-9,13,16H2,1-2H3,(H,30,34);3,6,9-11,13-14,18,20,23H,4-5,7-8,12,15H2,1-2H3,(H,29,33)/t2*19-,24+;18-,23+/m000/s1. The van der Waals surface area contributed by atoms with Gasteiger partial charge in [-0.3, -0.25) is 14.4 Å². The molecule has 0 radical (unpaired) electrons. The molecule has 3 aromatic carbocycles. The average Bonchev–Trinajstić information content (AvgIpc) is 1.62. The molecule has 0 aliphatic carbocycles. The Balaban J connectivity index is 0.000000151.